The van der Waals surface area contributed by atoms with Crippen LogP contribution in [0.25, 0.3) is 0 Å². The van der Waals surface area contributed by atoms with Crippen molar-refractivity contribution < 1.29 is 4.79 Å². The fraction of sp³-hybridized carbons (Fsp3) is 0.941. The van der Waals surface area contributed by atoms with E-state index >= 15 is 0 Å². The van der Waals surface area contributed by atoms with E-state index in [1.165, 1.54) is 32.5 Å². The van der Waals surface area contributed by atoms with Crippen molar-refractivity contribution in [1.29, 1.82) is 0 Å². The van der Waals surface area contributed by atoms with E-state index in [0.29, 0.717) is 12.5 Å². The third kappa shape index (κ3) is 3.78. The smallest absolute Gasteiger partial charge is 0.230 e. The summed E-state index contributed by atoms with van der Waals surface area (Å²) in [5, 5.41) is 0. The molecule has 2 saturated heterocycles. The lowest BCUT2D eigenvalue weighted by atomic mass is 9.80. The zero-order chi connectivity index (χ0) is 15.3. The van der Waals surface area contributed by atoms with Crippen LogP contribution in [0.1, 0.15) is 52.4 Å². The van der Waals surface area contributed by atoms with Crippen molar-refractivity contribution in [2.24, 2.45) is 17.1 Å². The molecule has 2 heterocycles. The lowest BCUT2D eigenvalue weighted by Crippen LogP contribution is -2.50. The van der Waals surface area contributed by atoms with Crippen LogP contribution in [0.2, 0.25) is 0 Å². The molecular formula is C17H33N3O. The Morgan fingerprint density at radius 1 is 1.10 bits per heavy atom. The number of carbonyl (C=O) groups excluding carboxylic acids is 1. The molecule has 0 aliphatic carbocycles. The summed E-state index contributed by atoms with van der Waals surface area (Å²) in [6, 6.07) is 0. The maximum absolute atomic E-state index is 12.8. The first kappa shape index (κ1) is 16.8. The molecule has 0 aromatic rings. The average Bonchev–Trinajstić information content (AvgIpc) is 3.03. The van der Waals surface area contributed by atoms with Crippen molar-refractivity contribution in [3.8, 4) is 0 Å². The van der Waals surface area contributed by atoms with Gasteiger partial charge >= 0.3 is 0 Å². The molecule has 1 amide bonds. The number of hydrogen-bond acceptors (Lipinski definition) is 3. The third-order valence-corrected chi connectivity index (χ3v) is 5.81. The molecule has 2 fully saturated rings. The molecule has 0 radical (unpaired) electrons. The molecule has 2 aliphatic heterocycles. The van der Waals surface area contributed by atoms with E-state index < -0.39 is 0 Å². The highest BCUT2D eigenvalue weighted by Gasteiger charge is 2.38. The standard InChI is InChI=1S/C17H33N3O/c1-3-17(4-2,14-18)16(21)20-11-7-15(8-12-20)13-19-9-5-6-10-19/h15H,3-14,18H2,1-2H3. The second kappa shape index (κ2) is 7.59. The summed E-state index contributed by atoms with van der Waals surface area (Å²) in [7, 11) is 0. The first-order chi connectivity index (χ1) is 10.1. The summed E-state index contributed by atoms with van der Waals surface area (Å²) in [5.41, 5.74) is 5.60. The Morgan fingerprint density at radius 3 is 2.14 bits per heavy atom. The van der Waals surface area contributed by atoms with Crippen LogP contribution in [0.4, 0.5) is 0 Å². The van der Waals surface area contributed by atoms with E-state index in [4.69, 9.17) is 5.73 Å². The summed E-state index contributed by atoms with van der Waals surface area (Å²) in [6.45, 7) is 10.3. The SMILES string of the molecule is CCC(CC)(CN)C(=O)N1CCC(CN2CCCC2)CC1. The molecule has 0 atom stereocenters. The summed E-state index contributed by atoms with van der Waals surface area (Å²) in [6.07, 6.45) is 6.76. The van der Waals surface area contributed by atoms with Gasteiger partial charge in [-0.3, -0.25) is 4.79 Å². The molecular weight excluding hydrogens is 262 g/mol. The van der Waals surface area contributed by atoms with Gasteiger partial charge < -0.3 is 15.5 Å². The van der Waals surface area contributed by atoms with E-state index in [1.54, 1.807) is 0 Å². The first-order valence-electron chi connectivity index (χ1n) is 8.87. The fourth-order valence-corrected chi connectivity index (χ4v) is 3.91. The Morgan fingerprint density at radius 2 is 1.67 bits per heavy atom. The highest BCUT2D eigenvalue weighted by Crippen LogP contribution is 2.30. The molecule has 2 aliphatic rings. The van der Waals surface area contributed by atoms with E-state index in [0.717, 1.165) is 44.7 Å². The highest BCUT2D eigenvalue weighted by atomic mass is 16.2. The lowest BCUT2D eigenvalue weighted by Gasteiger charge is -2.39. The van der Waals surface area contributed by atoms with Crippen LogP contribution in [0, 0.1) is 11.3 Å². The molecule has 0 saturated carbocycles. The minimum atomic E-state index is -0.318. The average molecular weight is 295 g/mol. The van der Waals surface area contributed by atoms with Gasteiger partial charge in [-0.2, -0.15) is 0 Å². The molecule has 0 bridgehead atoms. The van der Waals surface area contributed by atoms with Crippen LogP contribution in [0.3, 0.4) is 0 Å². The Balaban J connectivity index is 1.83. The van der Waals surface area contributed by atoms with Crippen LogP contribution < -0.4 is 5.73 Å². The van der Waals surface area contributed by atoms with Gasteiger partial charge in [0.1, 0.15) is 0 Å². The number of rotatable bonds is 6. The summed E-state index contributed by atoms with van der Waals surface area (Å²) >= 11 is 0. The Bertz CT molecular complexity index is 319. The molecule has 122 valence electrons. The monoisotopic (exact) mass is 295 g/mol. The van der Waals surface area contributed by atoms with Gasteiger partial charge in [0, 0.05) is 26.2 Å². The van der Waals surface area contributed by atoms with Gasteiger partial charge in [-0.25, -0.2) is 0 Å². The topological polar surface area (TPSA) is 49.6 Å². The van der Waals surface area contributed by atoms with Gasteiger partial charge in [0.2, 0.25) is 5.91 Å². The predicted molar refractivity (Wildman–Crippen MR) is 87.0 cm³/mol. The molecule has 0 aromatic heterocycles. The Hall–Kier alpha value is -0.610. The van der Waals surface area contributed by atoms with Gasteiger partial charge in [0.25, 0.3) is 0 Å². The van der Waals surface area contributed by atoms with Crippen LogP contribution >= 0.6 is 0 Å². The number of amides is 1. The van der Waals surface area contributed by atoms with Gasteiger partial charge in [0.05, 0.1) is 5.41 Å². The normalized spacial score (nSPS) is 22.0. The van der Waals surface area contributed by atoms with Crippen molar-refractivity contribution >= 4 is 5.91 Å². The number of nitrogens with two attached hydrogens (primary N) is 1. The molecule has 0 unspecified atom stereocenters. The molecule has 0 aromatic carbocycles. The number of nitrogens with zero attached hydrogens (tertiary/aromatic N) is 2. The van der Waals surface area contributed by atoms with Crippen molar-refractivity contribution in [2.75, 3.05) is 39.3 Å². The van der Waals surface area contributed by atoms with E-state index in [1.807, 2.05) is 0 Å². The molecule has 0 spiro atoms. The molecule has 2 N–H and O–H groups in total. The van der Waals surface area contributed by atoms with Gasteiger partial charge in [-0.05, 0) is 57.5 Å². The van der Waals surface area contributed by atoms with Crippen molar-refractivity contribution in [3.05, 3.63) is 0 Å². The minimum Gasteiger partial charge on any atom is -0.342 e. The maximum Gasteiger partial charge on any atom is 0.230 e. The fourth-order valence-electron chi connectivity index (χ4n) is 3.91. The van der Waals surface area contributed by atoms with Crippen molar-refractivity contribution in [2.45, 2.75) is 52.4 Å². The number of likely N-dealkylation sites (tertiary alicyclic amines) is 2. The first-order valence-corrected chi connectivity index (χ1v) is 8.87. The third-order valence-electron chi connectivity index (χ3n) is 5.81. The summed E-state index contributed by atoms with van der Waals surface area (Å²) < 4.78 is 0. The largest absolute Gasteiger partial charge is 0.342 e. The lowest BCUT2D eigenvalue weighted by molar-refractivity contribution is -0.143. The van der Waals surface area contributed by atoms with Crippen LogP contribution in [-0.4, -0.2) is 55.0 Å². The quantitative estimate of drug-likeness (QED) is 0.816. The maximum atomic E-state index is 12.8. The minimum absolute atomic E-state index is 0.301. The van der Waals surface area contributed by atoms with Crippen LogP contribution in [0.5, 0.6) is 0 Å². The van der Waals surface area contributed by atoms with Crippen molar-refractivity contribution in [1.82, 2.24) is 9.80 Å². The highest BCUT2D eigenvalue weighted by molar-refractivity contribution is 5.83. The summed E-state index contributed by atoms with van der Waals surface area (Å²) in [5.74, 6) is 1.08. The summed E-state index contributed by atoms with van der Waals surface area (Å²) in [4.78, 5) is 17.5. The van der Waals surface area contributed by atoms with Crippen LogP contribution in [-0.2, 0) is 4.79 Å². The second-order valence-corrected chi connectivity index (χ2v) is 6.93. The Labute approximate surface area is 130 Å². The molecule has 2 rings (SSSR count). The van der Waals surface area contributed by atoms with Crippen molar-refractivity contribution in [3.63, 3.8) is 0 Å². The zero-order valence-electron chi connectivity index (χ0n) is 13.9. The van der Waals surface area contributed by atoms with Crippen LogP contribution in [0.15, 0.2) is 0 Å². The molecule has 21 heavy (non-hydrogen) atoms. The number of piperidine rings is 1. The second-order valence-electron chi connectivity index (χ2n) is 6.93. The zero-order valence-corrected chi connectivity index (χ0v) is 13.9. The van der Waals surface area contributed by atoms with E-state index in [2.05, 4.69) is 23.6 Å². The number of hydrogen-bond donors (Lipinski definition) is 1. The molecule has 4 heteroatoms. The van der Waals surface area contributed by atoms with E-state index in [-0.39, 0.29) is 5.41 Å². The predicted octanol–water partition coefficient (Wildman–Crippen LogP) is 2.09. The van der Waals surface area contributed by atoms with E-state index in [9.17, 15) is 4.79 Å². The number of carbonyl (C=O) groups is 1. The molecule has 4 nitrogen and oxygen atoms in total. The van der Waals surface area contributed by atoms with Gasteiger partial charge in [-0.1, -0.05) is 13.8 Å². The van der Waals surface area contributed by atoms with Gasteiger partial charge in [0.15, 0.2) is 0 Å². The Kier molecular flexibility index (Phi) is 6.06. The van der Waals surface area contributed by atoms with Gasteiger partial charge in [-0.15, -0.1) is 0 Å².